The van der Waals surface area contributed by atoms with Crippen LogP contribution in [0.4, 0.5) is 10.5 Å². The largest absolute Gasteiger partial charge is 0.338 e. The van der Waals surface area contributed by atoms with Crippen molar-refractivity contribution in [3.05, 3.63) is 64.7 Å². The van der Waals surface area contributed by atoms with Gasteiger partial charge in [-0.1, -0.05) is 29.8 Å². The van der Waals surface area contributed by atoms with Gasteiger partial charge in [0.2, 0.25) is 11.8 Å². The zero-order valence-electron chi connectivity index (χ0n) is 17.4. The number of nitrogens with zero attached hydrogens (tertiary/aromatic N) is 1. The second-order valence-corrected chi connectivity index (χ2v) is 7.78. The van der Waals surface area contributed by atoms with Crippen molar-refractivity contribution in [1.29, 1.82) is 0 Å². The van der Waals surface area contributed by atoms with E-state index in [1.165, 1.54) is 0 Å². The summed E-state index contributed by atoms with van der Waals surface area (Å²) in [4.78, 5) is 62.6. The van der Waals surface area contributed by atoms with Crippen molar-refractivity contribution in [3.8, 4) is 0 Å². The van der Waals surface area contributed by atoms with Crippen LogP contribution in [-0.2, 0) is 16.0 Å². The van der Waals surface area contributed by atoms with E-state index in [0.717, 1.165) is 10.5 Å². The van der Waals surface area contributed by atoms with Crippen molar-refractivity contribution in [2.24, 2.45) is 0 Å². The number of urea groups is 1. The number of anilines is 1. The summed E-state index contributed by atoms with van der Waals surface area (Å²) in [6.45, 7) is 2.20. The number of fused-ring (bicyclic) bond motifs is 1. The highest BCUT2D eigenvalue weighted by Crippen LogP contribution is 2.30. The van der Waals surface area contributed by atoms with E-state index >= 15 is 0 Å². The summed E-state index contributed by atoms with van der Waals surface area (Å²) in [6, 6.07) is 10.9. The number of carbonyl (C=O) groups is 5. The first-order valence-corrected chi connectivity index (χ1v) is 10.3. The predicted molar refractivity (Wildman–Crippen MR) is 115 cm³/mol. The van der Waals surface area contributed by atoms with Gasteiger partial charge in [-0.3, -0.25) is 29.4 Å². The average Bonchev–Trinajstić information content (AvgIpc) is 3.01. The van der Waals surface area contributed by atoms with Gasteiger partial charge < -0.3 is 10.6 Å². The summed E-state index contributed by atoms with van der Waals surface area (Å²) < 4.78 is 0. The van der Waals surface area contributed by atoms with Gasteiger partial charge in [-0.15, -0.1) is 0 Å². The molecule has 9 nitrogen and oxygen atoms in total. The zero-order valence-corrected chi connectivity index (χ0v) is 17.4. The van der Waals surface area contributed by atoms with Crippen LogP contribution in [0.1, 0.15) is 44.7 Å². The third-order valence-electron chi connectivity index (χ3n) is 5.54. The van der Waals surface area contributed by atoms with E-state index in [0.29, 0.717) is 17.7 Å². The van der Waals surface area contributed by atoms with Crippen molar-refractivity contribution in [1.82, 2.24) is 15.5 Å². The van der Waals surface area contributed by atoms with Gasteiger partial charge in [0.15, 0.2) is 0 Å². The van der Waals surface area contributed by atoms with Gasteiger partial charge in [0.25, 0.3) is 11.8 Å². The molecule has 2 aliphatic heterocycles. The Morgan fingerprint density at radius 1 is 1.06 bits per heavy atom. The van der Waals surface area contributed by atoms with Crippen LogP contribution in [0.3, 0.4) is 0 Å². The monoisotopic (exact) mass is 434 g/mol. The van der Waals surface area contributed by atoms with Gasteiger partial charge in [-0.25, -0.2) is 4.79 Å². The van der Waals surface area contributed by atoms with Gasteiger partial charge in [-0.05, 0) is 43.5 Å². The van der Waals surface area contributed by atoms with Crippen LogP contribution in [0.5, 0.6) is 0 Å². The lowest BCUT2D eigenvalue weighted by Gasteiger charge is -2.27. The minimum atomic E-state index is -1.01. The molecule has 1 atom stereocenters. The first-order chi connectivity index (χ1) is 15.3. The number of amides is 6. The fraction of sp³-hybridized carbons (Fsp3) is 0.261. The number of imide groups is 2. The number of piperidine rings is 1. The molecule has 0 aromatic heterocycles. The molecule has 2 aromatic carbocycles. The fourth-order valence-electron chi connectivity index (χ4n) is 3.92. The second-order valence-electron chi connectivity index (χ2n) is 7.78. The van der Waals surface area contributed by atoms with Crippen LogP contribution in [0, 0.1) is 6.92 Å². The molecule has 164 valence electrons. The molecule has 0 spiro atoms. The van der Waals surface area contributed by atoms with Crippen molar-refractivity contribution < 1.29 is 24.0 Å². The van der Waals surface area contributed by atoms with Gasteiger partial charge >= 0.3 is 6.03 Å². The van der Waals surface area contributed by atoms with Gasteiger partial charge in [-0.2, -0.15) is 0 Å². The Balaban J connectivity index is 1.42. The van der Waals surface area contributed by atoms with Crippen LogP contribution in [-0.4, -0.2) is 47.1 Å². The minimum Gasteiger partial charge on any atom is -0.338 e. The highest BCUT2D eigenvalue weighted by Gasteiger charge is 2.45. The molecular formula is C23H22N4O5. The molecule has 0 bridgehead atoms. The normalized spacial score (nSPS) is 17.8. The van der Waals surface area contributed by atoms with E-state index in [1.54, 1.807) is 30.3 Å². The molecule has 2 heterocycles. The molecule has 4 rings (SSSR count). The molecule has 0 aliphatic carbocycles. The maximum atomic E-state index is 13.1. The molecule has 32 heavy (non-hydrogen) atoms. The first kappa shape index (κ1) is 21.2. The highest BCUT2D eigenvalue weighted by molar-refractivity contribution is 6.24. The lowest BCUT2D eigenvalue weighted by Crippen LogP contribution is -2.54. The highest BCUT2D eigenvalue weighted by atomic mass is 16.2. The van der Waals surface area contributed by atoms with E-state index in [1.807, 2.05) is 19.1 Å². The summed E-state index contributed by atoms with van der Waals surface area (Å²) in [5.74, 6) is -2.17. The van der Waals surface area contributed by atoms with E-state index < -0.39 is 29.7 Å². The molecule has 2 aromatic rings. The Bertz CT molecular complexity index is 1130. The lowest BCUT2D eigenvalue weighted by atomic mass is 10.0. The zero-order chi connectivity index (χ0) is 22.8. The van der Waals surface area contributed by atoms with Crippen LogP contribution >= 0.6 is 0 Å². The third-order valence-corrected chi connectivity index (χ3v) is 5.54. The number of rotatable bonds is 5. The molecule has 2 aliphatic rings. The van der Waals surface area contributed by atoms with E-state index in [4.69, 9.17) is 0 Å². The van der Waals surface area contributed by atoms with Gasteiger partial charge in [0.05, 0.1) is 11.1 Å². The SMILES string of the molecule is Cc1ccc(NC(=O)NCCc2cccc3c2C(=O)N(C2CCC(=O)NC2=O)C3=O)cc1. The number of hydrogen-bond donors (Lipinski definition) is 3. The Hall–Kier alpha value is -4.01. The molecule has 1 fully saturated rings. The van der Waals surface area contributed by atoms with Crippen molar-refractivity contribution >= 4 is 35.3 Å². The summed E-state index contributed by atoms with van der Waals surface area (Å²) >= 11 is 0. The number of aryl methyl sites for hydroxylation is 1. The van der Waals surface area contributed by atoms with Crippen molar-refractivity contribution in [2.45, 2.75) is 32.2 Å². The lowest BCUT2D eigenvalue weighted by molar-refractivity contribution is -0.136. The number of carbonyl (C=O) groups excluding carboxylic acids is 5. The van der Waals surface area contributed by atoms with E-state index in [-0.39, 0.29) is 36.5 Å². The summed E-state index contributed by atoms with van der Waals surface area (Å²) in [5, 5.41) is 7.65. The summed E-state index contributed by atoms with van der Waals surface area (Å²) in [5.41, 5.74) is 2.81. The van der Waals surface area contributed by atoms with Crippen molar-refractivity contribution in [2.75, 3.05) is 11.9 Å². The van der Waals surface area contributed by atoms with Gasteiger partial charge in [0, 0.05) is 18.7 Å². The fourth-order valence-corrected chi connectivity index (χ4v) is 3.92. The van der Waals surface area contributed by atoms with Crippen LogP contribution < -0.4 is 16.0 Å². The minimum absolute atomic E-state index is 0.0662. The quantitative estimate of drug-likeness (QED) is 0.619. The molecule has 0 saturated carbocycles. The van der Waals surface area contributed by atoms with Crippen LogP contribution in [0.2, 0.25) is 0 Å². The Labute approximate surface area is 184 Å². The molecule has 3 N–H and O–H groups in total. The maximum Gasteiger partial charge on any atom is 0.319 e. The standard InChI is InChI=1S/C23H22N4O5/c1-13-5-7-15(8-6-13)25-23(32)24-12-11-14-3-2-4-16-19(14)22(31)27(21(16)30)17-9-10-18(28)26-20(17)29/h2-8,17H,9-12H2,1H3,(H2,24,25,32)(H,26,28,29). The molecule has 0 radical (unpaired) electrons. The smallest absolute Gasteiger partial charge is 0.319 e. The number of nitrogens with one attached hydrogen (secondary N) is 3. The molecule has 6 amide bonds. The molecule has 9 heteroatoms. The van der Waals surface area contributed by atoms with Crippen molar-refractivity contribution in [3.63, 3.8) is 0 Å². The molecule has 1 saturated heterocycles. The van der Waals surface area contributed by atoms with Gasteiger partial charge in [0.1, 0.15) is 6.04 Å². The average molecular weight is 434 g/mol. The van der Waals surface area contributed by atoms with Crippen LogP contribution in [0.25, 0.3) is 0 Å². The molecule has 1 unspecified atom stereocenters. The Morgan fingerprint density at radius 2 is 1.81 bits per heavy atom. The van der Waals surface area contributed by atoms with E-state index in [2.05, 4.69) is 16.0 Å². The predicted octanol–water partition coefficient (Wildman–Crippen LogP) is 1.76. The number of benzene rings is 2. The number of hydrogen-bond acceptors (Lipinski definition) is 5. The first-order valence-electron chi connectivity index (χ1n) is 10.3. The van der Waals surface area contributed by atoms with Crippen LogP contribution in [0.15, 0.2) is 42.5 Å². The third kappa shape index (κ3) is 4.09. The topological polar surface area (TPSA) is 125 Å². The second kappa shape index (κ2) is 8.62. The Kier molecular flexibility index (Phi) is 5.72. The summed E-state index contributed by atoms with van der Waals surface area (Å²) in [7, 11) is 0. The maximum absolute atomic E-state index is 13.1. The summed E-state index contributed by atoms with van der Waals surface area (Å²) in [6.07, 6.45) is 0.496. The molecular weight excluding hydrogens is 412 g/mol. The Morgan fingerprint density at radius 3 is 2.53 bits per heavy atom. The van der Waals surface area contributed by atoms with E-state index in [9.17, 15) is 24.0 Å².